The molecule has 1 aromatic carbocycles. The van der Waals surface area contributed by atoms with E-state index in [1.54, 1.807) is 0 Å². The van der Waals surface area contributed by atoms with Crippen LogP contribution < -0.4 is 9.13 Å². The van der Waals surface area contributed by atoms with Crippen LogP contribution in [-0.2, 0) is 11.1 Å². The molecule has 3 rings (SSSR count). The molecule has 3 nitrogen and oxygen atoms in total. The molecule has 0 spiro atoms. The summed E-state index contributed by atoms with van der Waals surface area (Å²) >= 11 is 0. The molecule has 0 radical (unpaired) electrons. The van der Waals surface area contributed by atoms with Crippen LogP contribution >= 0.6 is 7.92 Å². The molecule has 2 aromatic heterocycles. The van der Waals surface area contributed by atoms with Crippen molar-refractivity contribution in [2.45, 2.75) is 13.5 Å². The molecule has 0 N–H and O–H groups in total. The third-order valence-electron chi connectivity index (χ3n) is 3.70. The van der Waals surface area contributed by atoms with E-state index in [4.69, 9.17) is 0 Å². The van der Waals surface area contributed by atoms with Crippen LogP contribution in [0.1, 0.15) is 5.56 Å². The first-order valence-electron chi connectivity index (χ1n) is 7.39. The minimum atomic E-state index is -0.0563. The van der Waals surface area contributed by atoms with Crippen molar-refractivity contribution >= 4 is 7.92 Å². The summed E-state index contributed by atoms with van der Waals surface area (Å²) < 4.78 is 14.4. The molecule has 0 saturated carbocycles. The Kier molecular flexibility index (Phi) is 4.83. The fourth-order valence-electron chi connectivity index (χ4n) is 2.37. The van der Waals surface area contributed by atoms with Crippen molar-refractivity contribution in [3.05, 3.63) is 78.9 Å². The summed E-state index contributed by atoms with van der Waals surface area (Å²) in [5.74, 6) is 0. The van der Waals surface area contributed by atoms with Gasteiger partial charge in [0.1, 0.15) is 0 Å². The molecule has 0 aliphatic heterocycles. The summed E-state index contributed by atoms with van der Waals surface area (Å²) in [6.07, 6.45) is 8.07. The molecule has 0 amide bonds. The molecule has 4 heteroatoms. The summed E-state index contributed by atoms with van der Waals surface area (Å²) in [5.41, 5.74) is 7.45. The van der Waals surface area contributed by atoms with Crippen molar-refractivity contribution in [2.75, 3.05) is 0 Å². The van der Waals surface area contributed by atoms with Gasteiger partial charge in [0.2, 0.25) is 0 Å². The third-order valence-corrected chi connectivity index (χ3v) is 3.97. The Morgan fingerprint density at radius 1 is 0.870 bits per heavy atom. The van der Waals surface area contributed by atoms with E-state index in [9.17, 15) is 4.57 Å². The smallest absolute Gasteiger partial charge is 0.0527 e. The Bertz CT molecular complexity index is 896. The van der Waals surface area contributed by atoms with Gasteiger partial charge in [0, 0.05) is 0 Å². The maximum atomic E-state index is 10.4. The second-order valence-electron chi connectivity index (χ2n) is 5.34. The van der Waals surface area contributed by atoms with E-state index >= 15 is 0 Å². The van der Waals surface area contributed by atoms with Gasteiger partial charge in [-0.2, -0.15) is 0 Å². The van der Waals surface area contributed by atoms with Gasteiger partial charge in [-0.1, -0.05) is 17.7 Å². The second-order valence-corrected chi connectivity index (χ2v) is 5.84. The molecule has 0 saturated heterocycles. The van der Waals surface area contributed by atoms with Crippen LogP contribution in [0.2, 0.25) is 0 Å². The van der Waals surface area contributed by atoms with Gasteiger partial charge in [-0.3, -0.25) is 0 Å². The van der Waals surface area contributed by atoms with Gasteiger partial charge in [0.15, 0.2) is 0 Å². The third kappa shape index (κ3) is 3.84. The quantitative estimate of drug-likeness (QED) is 0.536. The van der Waals surface area contributed by atoms with Crippen LogP contribution in [-0.4, -0.2) is 0 Å². The molecular formula is C19H17N2OP+2. The summed E-state index contributed by atoms with van der Waals surface area (Å²) in [4.78, 5) is 0. The van der Waals surface area contributed by atoms with Crippen molar-refractivity contribution < 1.29 is 13.7 Å². The van der Waals surface area contributed by atoms with Crippen molar-refractivity contribution in [2.24, 2.45) is 0 Å². The summed E-state index contributed by atoms with van der Waals surface area (Å²) in [7, 11) is -0.0563. The zero-order valence-electron chi connectivity index (χ0n) is 12.9. The number of hydrogen-bond acceptors (Lipinski definition) is 1. The van der Waals surface area contributed by atoms with Gasteiger partial charge >= 0.3 is 112 Å². The first kappa shape index (κ1) is 15.4. The fraction of sp³-hybridized carbons (Fsp3) is 0.105. The average molecular weight is 320 g/mol. The average Bonchev–Trinajstić information content (AvgIpc) is 2.61. The topological polar surface area (TPSA) is 24.8 Å². The van der Waals surface area contributed by atoms with Gasteiger partial charge in [-0.05, 0) is 6.92 Å². The molecule has 3 aromatic rings. The molecule has 0 unspecified atom stereocenters. The van der Waals surface area contributed by atoms with Crippen molar-refractivity contribution in [1.29, 1.82) is 0 Å². The van der Waals surface area contributed by atoms with E-state index in [2.05, 4.69) is 78.0 Å². The van der Waals surface area contributed by atoms with Gasteiger partial charge in [0.05, 0.1) is 0 Å². The van der Waals surface area contributed by atoms with E-state index in [1.165, 1.54) is 5.56 Å². The standard InChI is InChI=1S/C19H17N2OP/c1-16-2-4-19(5-3-16)21-12-8-18(9-13-21)17-6-10-20(11-7-17)14-15-23-22/h2-13H,14H2,1H3/q+2. The summed E-state index contributed by atoms with van der Waals surface area (Å²) in [6, 6.07) is 16.8. The predicted octanol–water partition coefficient (Wildman–Crippen LogP) is 3.48. The first-order chi connectivity index (χ1) is 11.3. The molecular weight excluding hydrogens is 303 g/mol. The Labute approximate surface area is 137 Å². The Morgan fingerprint density at radius 2 is 1.43 bits per heavy atom. The van der Waals surface area contributed by atoms with E-state index in [0.717, 1.165) is 16.8 Å². The first-order valence-corrected chi connectivity index (χ1v) is 8.20. The molecule has 23 heavy (non-hydrogen) atoms. The SMILES string of the molecule is Cc1ccc(-[n+]2ccc(-c3cc[n+](CC#P=O)cc3)cc2)cc1. The van der Waals surface area contributed by atoms with Gasteiger partial charge < -0.3 is 0 Å². The normalized spacial score (nSPS) is 10.1. The van der Waals surface area contributed by atoms with Crippen LogP contribution in [0, 0.1) is 12.6 Å². The molecule has 112 valence electrons. The number of pyridine rings is 2. The van der Waals surface area contributed by atoms with E-state index in [-0.39, 0.29) is 7.92 Å². The zero-order chi connectivity index (χ0) is 16.1. The second kappa shape index (κ2) is 7.19. The number of nitrogens with zero attached hydrogens (tertiary/aromatic N) is 2. The van der Waals surface area contributed by atoms with Gasteiger partial charge in [-0.15, -0.1) is 0 Å². The molecule has 0 bridgehead atoms. The molecule has 0 aliphatic rings. The van der Waals surface area contributed by atoms with Crippen LogP contribution in [0.15, 0.2) is 73.3 Å². The van der Waals surface area contributed by atoms with Crippen LogP contribution in [0.4, 0.5) is 0 Å². The molecule has 0 fully saturated rings. The minimum Gasteiger partial charge on any atom is -0.0527 e. The minimum absolute atomic E-state index is 0.0563. The van der Waals surface area contributed by atoms with Crippen molar-refractivity contribution in [1.82, 2.24) is 0 Å². The number of aromatic nitrogens is 2. The number of benzene rings is 1. The molecule has 0 atom stereocenters. The predicted molar refractivity (Wildman–Crippen MR) is 89.8 cm³/mol. The van der Waals surface area contributed by atoms with Crippen LogP contribution in [0.3, 0.4) is 0 Å². The Morgan fingerprint density at radius 3 is 2.00 bits per heavy atom. The Balaban J connectivity index is 1.82. The molecule has 0 aliphatic carbocycles. The summed E-state index contributed by atoms with van der Waals surface area (Å²) in [6.45, 7) is 2.61. The fourth-order valence-corrected chi connectivity index (χ4v) is 2.59. The maximum absolute atomic E-state index is 10.4. The molecule has 2 heterocycles. The van der Waals surface area contributed by atoms with Gasteiger partial charge in [-0.25, -0.2) is 0 Å². The van der Waals surface area contributed by atoms with E-state index in [1.807, 2.05) is 17.0 Å². The zero-order valence-corrected chi connectivity index (χ0v) is 13.8. The van der Waals surface area contributed by atoms with Crippen molar-refractivity contribution in [3.8, 4) is 22.4 Å². The number of rotatable bonds is 3. The van der Waals surface area contributed by atoms with E-state index in [0.29, 0.717) is 6.54 Å². The number of aryl methyl sites for hydroxylation is 1. The van der Waals surface area contributed by atoms with Crippen LogP contribution in [0.25, 0.3) is 16.8 Å². The van der Waals surface area contributed by atoms with E-state index < -0.39 is 0 Å². The number of hydrogen-bond donors (Lipinski definition) is 0. The summed E-state index contributed by atoms with van der Waals surface area (Å²) in [5, 5.41) is 0. The van der Waals surface area contributed by atoms with Crippen LogP contribution in [0.5, 0.6) is 0 Å². The monoisotopic (exact) mass is 320 g/mol. The van der Waals surface area contributed by atoms with Crippen molar-refractivity contribution in [3.63, 3.8) is 0 Å². The Hall–Kier alpha value is -2.47. The van der Waals surface area contributed by atoms with Gasteiger partial charge in [0.25, 0.3) is 0 Å².